The van der Waals surface area contributed by atoms with Crippen molar-refractivity contribution in [3.8, 4) is 0 Å². The number of anilines is 1. The minimum absolute atomic E-state index is 0.0408. The molecule has 0 spiro atoms. The third-order valence-corrected chi connectivity index (χ3v) is 5.42. The van der Waals surface area contributed by atoms with E-state index in [0.29, 0.717) is 17.7 Å². The molecule has 3 rings (SSSR count). The fourth-order valence-electron chi connectivity index (χ4n) is 3.09. The Hall–Kier alpha value is -1.76. The zero-order chi connectivity index (χ0) is 17.3. The van der Waals surface area contributed by atoms with Gasteiger partial charge in [-0.2, -0.15) is 5.10 Å². The zero-order valence-corrected chi connectivity index (χ0v) is 14.4. The van der Waals surface area contributed by atoms with Gasteiger partial charge in [-0.05, 0) is 31.2 Å². The fraction of sp³-hybridized carbons (Fsp3) is 0.533. The molecule has 1 aliphatic rings. The molecule has 0 aliphatic carbocycles. The van der Waals surface area contributed by atoms with Crippen molar-refractivity contribution in [3.05, 3.63) is 28.8 Å². The molecule has 3 heterocycles. The van der Waals surface area contributed by atoms with Gasteiger partial charge in [-0.1, -0.05) is 0 Å². The van der Waals surface area contributed by atoms with Crippen LogP contribution in [0.15, 0.2) is 23.3 Å². The van der Waals surface area contributed by atoms with Crippen molar-refractivity contribution in [2.75, 3.05) is 24.2 Å². The fourth-order valence-corrected chi connectivity index (χ4v) is 3.80. The third kappa shape index (κ3) is 3.83. The molecule has 2 N–H and O–H groups in total. The Balaban J connectivity index is 1.68. The van der Waals surface area contributed by atoms with Crippen molar-refractivity contribution in [1.82, 2.24) is 14.8 Å². The maximum atomic E-state index is 12.0. The first-order valence-electron chi connectivity index (χ1n) is 7.95. The predicted molar refractivity (Wildman–Crippen MR) is 91.2 cm³/mol. The van der Waals surface area contributed by atoms with Crippen LogP contribution in [0.1, 0.15) is 19.3 Å². The lowest BCUT2D eigenvalue weighted by atomic mass is 9.94. The van der Waals surface area contributed by atoms with Crippen LogP contribution in [0.3, 0.4) is 0 Å². The quantitative estimate of drug-likeness (QED) is 0.794. The molecule has 2 aromatic heterocycles. The standard InChI is InChI=1S/C15H21N4O4P/c1-18-15(20)13-10-16-14(8-12(13)9-17-18)19-5-2-11(3-6-19)4-7-24(21,22)23/h8-11H,2-7H2,1H3,(H2,21,22,23). The van der Waals surface area contributed by atoms with E-state index in [4.69, 9.17) is 9.79 Å². The molecule has 0 radical (unpaired) electrons. The second-order valence-electron chi connectivity index (χ2n) is 6.31. The summed E-state index contributed by atoms with van der Waals surface area (Å²) in [5, 5.41) is 5.36. The van der Waals surface area contributed by atoms with Crippen molar-refractivity contribution < 1.29 is 14.4 Å². The molecule has 0 aromatic carbocycles. The molecule has 0 bridgehead atoms. The highest BCUT2D eigenvalue weighted by atomic mass is 31.2. The molecule has 0 unspecified atom stereocenters. The third-order valence-electron chi connectivity index (χ3n) is 4.58. The van der Waals surface area contributed by atoms with E-state index in [1.165, 1.54) is 4.68 Å². The van der Waals surface area contributed by atoms with Crippen molar-refractivity contribution in [1.29, 1.82) is 0 Å². The van der Waals surface area contributed by atoms with E-state index in [1.807, 2.05) is 6.07 Å². The summed E-state index contributed by atoms with van der Waals surface area (Å²) in [6.45, 7) is 1.59. The topological polar surface area (TPSA) is 109 Å². The highest BCUT2D eigenvalue weighted by Gasteiger charge is 2.23. The highest BCUT2D eigenvalue weighted by molar-refractivity contribution is 7.51. The summed E-state index contributed by atoms with van der Waals surface area (Å²) in [5.74, 6) is 1.15. The average molecular weight is 352 g/mol. The van der Waals surface area contributed by atoms with Gasteiger partial charge in [-0.25, -0.2) is 9.67 Å². The lowest BCUT2D eigenvalue weighted by Crippen LogP contribution is -2.34. The van der Waals surface area contributed by atoms with Gasteiger partial charge in [0, 0.05) is 31.7 Å². The van der Waals surface area contributed by atoms with Crippen LogP contribution >= 0.6 is 7.60 Å². The number of aryl methyl sites for hydroxylation is 1. The number of hydrogen-bond donors (Lipinski definition) is 2. The van der Waals surface area contributed by atoms with Gasteiger partial charge in [0.2, 0.25) is 0 Å². The minimum Gasteiger partial charge on any atom is -0.357 e. The monoisotopic (exact) mass is 352 g/mol. The summed E-state index contributed by atoms with van der Waals surface area (Å²) in [5.41, 5.74) is -0.164. The Morgan fingerprint density at radius 1 is 1.29 bits per heavy atom. The average Bonchev–Trinajstić information content (AvgIpc) is 2.56. The van der Waals surface area contributed by atoms with Gasteiger partial charge in [0.1, 0.15) is 5.82 Å². The Labute approximate surface area is 139 Å². The number of hydrogen-bond acceptors (Lipinski definition) is 5. The Bertz CT molecular complexity index is 839. The van der Waals surface area contributed by atoms with Gasteiger partial charge in [0.25, 0.3) is 5.56 Å². The molecule has 8 nitrogen and oxygen atoms in total. The maximum absolute atomic E-state index is 12.0. The molecular formula is C15H21N4O4P. The van der Waals surface area contributed by atoms with E-state index in [1.54, 1.807) is 19.4 Å². The Morgan fingerprint density at radius 3 is 2.67 bits per heavy atom. The predicted octanol–water partition coefficient (Wildman–Crippen LogP) is 1.11. The molecule has 1 fully saturated rings. The van der Waals surface area contributed by atoms with Gasteiger partial charge in [0.15, 0.2) is 0 Å². The molecule has 130 valence electrons. The molecule has 0 atom stereocenters. The van der Waals surface area contributed by atoms with Gasteiger partial charge in [-0.15, -0.1) is 0 Å². The lowest BCUT2D eigenvalue weighted by Gasteiger charge is -2.33. The largest absolute Gasteiger partial charge is 0.357 e. The molecular weight excluding hydrogens is 331 g/mol. The van der Waals surface area contributed by atoms with Gasteiger partial charge in [0.05, 0.1) is 17.7 Å². The SMILES string of the molecule is Cn1ncc2cc(N3CCC(CCP(=O)(O)O)CC3)ncc2c1=O. The first kappa shape index (κ1) is 17.1. The number of nitrogens with zero attached hydrogens (tertiary/aromatic N) is 4. The number of fused-ring (bicyclic) bond motifs is 1. The normalized spacial score (nSPS) is 16.7. The van der Waals surface area contributed by atoms with Crippen molar-refractivity contribution in [2.24, 2.45) is 13.0 Å². The van der Waals surface area contributed by atoms with Crippen molar-refractivity contribution in [3.63, 3.8) is 0 Å². The van der Waals surface area contributed by atoms with Crippen LogP contribution in [0.25, 0.3) is 10.8 Å². The summed E-state index contributed by atoms with van der Waals surface area (Å²) in [4.78, 5) is 36.5. The molecule has 0 saturated carbocycles. The van der Waals surface area contributed by atoms with Crippen molar-refractivity contribution >= 4 is 24.2 Å². The minimum atomic E-state index is -3.91. The first-order valence-corrected chi connectivity index (χ1v) is 9.75. The molecule has 1 saturated heterocycles. The first-order chi connectivity index (χ1) is 11.3. The van der Waals surface area contributed by atoms with Crippen LogP contribution in [0.4, 0.5) is 5.82 Å². The van der Waals surface area contributed by atoms with Crippen LogP contribution in [0.5, 0.6) is 0 Å². The number of aromatic nitrogens is 3. The second kappa shape index (κ2) is 6.63. The van der Waals surface area contributed by atoms with Crippen molar-refractivity contribution in [2.45, 2.75) is 19.3 Å². The highest BCUT2D eigenvalue weighted by Crippen LogP contribution is 2.38. The molecule has 9 heteroatoms. The smallest absolute Gasteiger partial charge is 0.325 e. The molecule has 24 heavy (non-hydrogen) atoms. The summed E-state index contributed by atoms with van der Waals surface area (Å²) < 4.78 is 12.3. The second-order valence-corrected chi connectivity index (χ2v) is 8.09. The van der Waals surface area contributed by atoms with Crippen LogP contribution in [-0.2, 0) is 11.6 Å². The summed E-state index contributed by atoms with van der Waals surface area (Å²) in [7, 11) is -2.30. The molecule has 1 aliphatic heterocycles. The van der Waals surface area contributed by atoms with Gasteiger partial charge >= 0.3 is 7.60 Å². The molecule has 2 aromatic rings. The van der Waals surface area contributed by atoms with Gasteiger partial charge in [-0.3, -0.25) is 9.36 Å². The summed E-state index contributed by atoms with van der Waals surface area (Å²) >= 11 is 0. The Morgan fingerprint density at radius 2 is 2.00 bits per heavy atom. The van der Waals surface area contributed by atoms with E-state index < -0.39 is 7.60 Å². The van der Waals surface area contributed by atoms with Crippen LogP contribution in [-0.4, -0.2) is 43.8 Å². The van der Waals surface area contributed by atoms with E-state index in [2.05, 4.69) is 15.0 Å². The van der Waals surface area contributed by atoms with E-state index in [-0.39, 0.29) is 11.7 Å². The number of rotatable bonds is 4. The lowest BCUT2D eigenvalue weighted by molar-refractivity contribution is 0.350. The maximum Gasteiger partial charge on any atom is 0.325 e. The van der Waals surface area contributed by atoms with Gasteiger partial charge < -0.3 is 14.7 Å². The zero-order valence-electron chi connectivity index (χ0n) is 13.5. The Kier molecular flexibility index (Phi) is 4.71. The van der Waals surface area contributed by atoms with E-state index >= 15 is 0 Å². The number of piperidine rings is 1. The number of pyridine rings is 1. The summed E-state index contributed by atoms with van der Waals surface area (Å²) in [6, 6.07) is 1.87. The van der Waals surface area contributed by atoms with E-state index in [0.717, 1.165) is 37.1 Å². The van der Waals surface area contributed by atoms with Crippen LogP contribution < -0.4 is 10.5 Å². The van der Waals surface area contributed by atoms with Crippen LogP contribution in [0.2, 0.25) is 0 Å². The summed E-state index contributed by atoms with van der Waals surface area (Å²) in [6.07, 6.45) is 5.54. The molecule has 0 amide bonds. The van der Waals surface area contributed by atoms with Crippen LogP contribution in [0, 0.1) is 5.92 Å². The van der Waals surface area contributed by atoms with E-state index in [9.17, 15) is 9.36 Å².